The molecule has 7 nitrogen and oxygen atoms in total. The maximum Gasteiger partial charge on any atom is 0.311 e. The van der Waals surface area contributed by atoms with Crippen molar-refractivity contribution in [1.29, 1.82) is 0 Å². The number of carboxylic acids is 1. The van der Waals surface area contributed by atoms with E-state index < -0.39 is 43.4 Å². The van der Waals surface area contributed by atoms with Crippen LogP contribution in [-0.4, -0.2) is 35.9 Å². The van der Waals surface area contributed by atoms with Gasteiger partial charge in [0.15, 0.2) is 9.84 Å². The molecule has 0 spiro atoms. The van der Waals surface area contributed by atoms with Crippen LogP contribution in [0.4, 0.5) is 10.1 Å². The fraction of sp³-hybridized carbons (Fsp3) is 0.417. The van der Waals surface area contributed by atoms with E-state index in [4.69, 9.17) is 0 Å². The Bertz CT molecular complexity index is 716. The molecule has 0 aliphatic carbocycles. The van der Waals surface area contributed by atoms with E-state index in [-0.39, 0.29) is 24.2 Å². The summed E-state index contributed by atoms with van der Waals surface area (Å²) < 4.78 is 36.4. The van der Waals surface area contributed by atoms with Crippen LogP contribution in [0.2, 0.25) is 0 Å². The predicted octanol–water partition coefficient (Wildman–Crippen LogP) is 1.17. The maximum atomic E-state index is 13.4. The van der Waals surface area contributed by atoms with Crippen LogP contribution >= 0.6 is 0 Å². The van der Waals surface area contributed by atoms with Gasteiger partial charge in [-0.1, -0.05) is 0 Å². The highest BCUT2D eigenvalue weighted by Crippen LogP contribution is 2.37. The molecule has 1 fully saturated rings. The molecule has 1 atom stereocenters. The minimum atomic E-state index is -3.46. The smallest absolute Gasteiger partial charge is 0.311 e. The number of nitro groups is 1. The molecule has 9 heteroatoms. The second-order valence-electron chi connectivity index (χ2n) is 5.18. The number of carbonyl (C=O) groups is 1. The molecule has 0 bridgehead atoms. The number of hydrogen-bond donors (Lipinski definition) is 1. The summed E-state index contributed by atoms with van der Waals surface area (Å²) in [7, 11) is -3.46. The summed E-state index contributed by atoms with van der Waals surface area (Å²) in [5.74, 6) is -2.95. The van der Waals surface area contributed by atoms with Gasteiger partial charge in [-0.2, -0.15) is 0 Å². The van der Waals surface area contributed by atoms with Crippen LogP contribution in [0.15, 0.2) is 18.2 Å². The van der Waals surface area contributed by atoms with Gasteiger partial charge in [0.25, 0.3) is 5.69 Å². The molecule has 1 saturated heterocycles. The number of benzene rings is 1. The number of aliphatic carboxylic acids is 1. The number of halogens is 1. The first kappa shape index (κ1) is 15.4. The lowest BCUT2D eigenvalue weighted by molar-refractivity contribution is -0.385. The van der Waals surface area contributed by atoms with Gasteiger partial charge in [0.2, 0.25) is 0 Å². The highest BCUT2D eigenvalue weighted by atomic mass is 32.2. The molecule has 1 aliphatic rings. The van der Waals surface area contributed by atoms with Gasteiger partial charge >= 0.3 is 5.97 Å². The van der Waals surface area contributed by atoms with E-state index in [0.29, 0.717) is 0 Å². The van der Waals surface area contributed by atoms with Crippen LogP contribution in [0.3, 0.4) is 0 Å². The molecule has 1 N–H and O–H groups in total. The minimum Gasteiger partial charge on any atom is -0.481 e. The summed E-state index contributed by atoms with van der Waals surface area (Å²) >= 11 is 0. The SMILES string of the molecule is O=C(O)C1(Cc2cc(F)cc([N+](=O)[O-])c2)CCS(=O)(=O)C1. The molecule has 1 heterocycles. The lowest BCUT2D eigenvalue weighted by atomic mass is 9.81. The van der Waals surface area contributed by atoms with Gasteiger partial charge in [-0.25, -0.2) is 12.8 Å². The molecule has 0 radical (unpaired) electrons. The fourth-order valence-corrected chi connectivity index (χ4v) is 4.59. The normalized spacial score (nSPS) is 23.9. The number of sulfone groups is 1. The third-order valence-corrected chi connectivity index (χ3v) is 5.36. The number of rotatable bonds is 4. The standard InChI is InChI=1S/C12H12FNO6S/c13-9-3-8(4-10(5-9)14(17)18)6-12(11(15)16)1-2-21(19,20)7-12/h3-5H,1-2,6-7H2,(H,15,16). The molecule has 114 valence electrons. The van der Waals surface area contributed by atoms with Gasteiger partial charge < -0.3 is 5.11 Å². The van der Waals surface area contributed by atoms with Gasteiger partial charge in [0.1, 0.15) is 5.82 Å². The zero-order valence-electron chi connectivity index (χ0n) is 10.8. The Labute approximate surface area is 119 Å². The average molecular weight is 317 g/mol. The lowest BCUT2D eigenvalue weighted by Crippen LogP contribution is -2.34. The molecular formula is C12H12FNO6S. The van der Waals surface area contributed by atoms with E-state index in [1.807, 2.05) is 0 Å². The van der Waals surface area contributed by atoms with E-state index in [1.165, 1.54) is 0 Å². The van der Waals surface area contributed by atoms with Gasteiger partial charge in [-0.3, -0.25) is 14.9 Å². The zero-order chi connectivity index (χ0) is 15.8. The molecule has 0 aromatic heterocycles. The molecular weight excluding hydrogens is 305 g/mol. The third-order valence-electron chi connectivity index (χ3n) is 3.54. The molecule has 0 amide bonds. The first-order chi connectivity index (χ1) is 9.63. The zero-order valence-corrected chi connectivity index (χ0v) is 11.6. The van der Waals surface area contributed by atoms with E-state index in [1.54, 1.807) is 0 Å². The molecule has 1 aromatic carbocycles. The molecule has 0 saturated carbocycles. The minimum absolute atomic E-state index is 0.0883. The van der Waals surface area contributed by atoms with E-state index >= 15 is 0 Å². The Balaban J connectivity index is 2.39. The van der Waals surface area contributed by atoms with Gasteiger partial charge in [-0.05, 0) is 24.5 Å². The van der Waals surface area contributed by atoms with Crippen molar-refractivity contribution >= 4 is 21.5 Å². The van der Waals surface area contributed by atoms with Crippen molar-refractivity contribution in [2.45, 2.75) is 12.8 Å². The third kappa shape index (κ3) is 3.18. The highest BCUT2D eigenvalue weighted by Gasteiger charge is 2.48. The van der Waals surface area contributed by atoms with Crippen LogP contribution in [0, 0.1) is 21.3 Å². The second-order valence-corrected chi connectivity index (χ2v) is 7.36. The molecule has 2 rings (SSSR count). The summed E-state index contributed by atoms with van der Waals surface area (Å²) in [5.41, 5.74) is -1.95. The van der Waals surface area contributed by atoms with Gasteiger partial charge in [0, 0.05) is 6.07 Å². The Hall–Kier alpha value is -2.03. The lowest BCUT2D eigenvalue weighted by Gasteiger charge is -2.22. The van der Waals surface area contributed by atoms with Crippen LogP contribution in [0.25, 0.3) is 0 Å². The van der Waals surface area contributed by atoms with Gasteiger partial charge in [-0.15, -0.1) is 0 Å². The summed E-state index contributed by atoms with van der Waals surface area (Å²) in [4.78, 5) is 21.3. The maximum absolute atomic E-state index is 13.4. The van der Waals surface area contributed by atoms with E-state index in [2.05, 4.69) is 0 Å². The molecule has 1 aromatic rings. The van der Waals surface area contributed by atoms with Crippen LogP contribution < -0.4 is 0 Å². The molecule has 1 aliphatic heterocycles. The van der Waals surface area contributed by atoms with Crippen LogP contribution in [-0.2, 0) is 21.1 Å². The predicted molar refractivity (Wildman–Crippen MR) is 70.1 cm³/mol. The fourth-order valence-electron chi connectivity index (χ4n) is 2.53. The molecule has 21 heavy (non-hydrogen) atoms. The van der Waals surface area contributed by atoms with Crippen molar-refractivity contribution in [3.05, 3.63) is 39.7 Å². The summed E-state index contributed by atoms with van der Waals surface area (Å²) in [6, 6.07) is 2.78. The highest BCUT2D eigenvalue weighted by molar-refractivity contribution is 7.91. The van der Waals surface area contributed by atoms with E-state index in [0.717, 1.165) is 18.2 Å². The van der Waals surface area contributed by atoms with Crippen molar-refractivity contribution in [1.82, 2.24) is 0 Å². The largest absolute Gasteiger partial charge is 0.481 e. The Kier molecular flexibility index (Phi) is 3.70. The van der Waals surface area contributed by atoms with Crippen molar-refractivity contribution in [3.8, 4) is 0 Å². The number of carboxylic acid groups (broad SMARTS) is 1. The Morgan fingerprint density at radius 1 is 1.43 bits per heavy atom. The van der Waals surface area contributed by atoms with Crippen molar-refractivity contribution in [3.63, 3.8) is 0 Å². The van der Waals surface area contributed by atoms with Crippen molar-refractivity contribution in [2.75, 3.05) is 11.5 Å². The van der Waals surface area contributed by atoms with Crippen molar-refractivity contribution < 1.29 is 27.6 Å². The second kappa shape index (κ2) is 5.06. The monoisotopic (exact) mass is 317 g/mol. The number of nitro benzene ring substituents is 1. The summed E-state index contributed by atoms with van der Waals surface area (Å²) in [6.45, 7) is 0. The first-order valence-electron chi connectivity index (χ1n) is 6.01. The number of hydrogen-bond acceptors (Lipinski definition) is 5. The quantitative estimate of drug-likeness (QED) is 0.658. The summed E-state index contributed by atoms with van der Waals surface area (Å²) in [5, 5.41) is 20.0. The van der Waals surface area contributed by atoms with Crippen molar-refractivity contribution in [2.24, 2.45) is 5.41 Å². The van der Waals surface area contributed by atoms with Crippen LogP contribution in [0.5, 0.6) is 0 Å². The van der Waals surface area contributed by atoms with Gasteiger partial charge in [0.05, 0.1) is 27.9 Å². The van der Waals surface area contributed by atoms with E-state index in [9.17, 15) is 32.8 Å². The summed E-state index contributed by atoms with van der Waals surface area (Å²) in [6.07, 6.45) is -0.352. The Morgan fingerprint density at radius 2 is 2.10 bits per heavy atom. The Morgan fingerprint density at radius 3 is 2.57 bits per heavy atom. The average Bonchev–Trinajstić information content (AvgIpc) is 2.65. The number of non-ortho nitro benzene ring substituents is 1. The number of nitrogens with zero attached hydrogens (tertiary/aromatic N) is 1. The molecule has 1 unspecified atom stereocenters. The first-order valence-corrected chi connectivity index (χ1v) is 7.83. The van der Waals surface area contributed by atoms with Crippen LogP contribution in [0.1, 0.15) is 12.0 Å². The topological polar surface area (TPSA) is 115 Å².